The molecule has 3 heterocycles. The zero-order valence-corrected chi connectivity index (χ0v) is 23.3. The molecular weight excluding hydrogens is 568 g/mol. The number of carbonyl (C=O) groups is 1. The molecule has 0 bridgehead atoms. The normalized spacial score (nSPS) is 16.7. The summed E-state index contributed by atoms with van der Waals surface area (Å²) >= 11 is 2.38. The highest BCUT2D eigenvalue weighted by Gasteiger charge is 2.28. The summed E-state index contributed by atoms with van der Waals surface area (Å²) in [4.78, 5) is 15.1. The lowest BCUT2D eigenvalue weighted by Crippen LogP contribution is -2.40. The summed E-state index contributed by atoms with van der Waals surface area (Å²) in [7, 11) is -3.75. The molecule has 39 heavy (non-hydrogen) atoms. The minimum absolute atomic E-state index is 0.0251. The third-order valence-electron chi connectivity index (χ3n) is 6.05. The van der Waals surface area contributed by atoms with Gasteiger partial charge in [-0.05, 0) is 30.3 Å². The first-order valence-corrected chi connectivity index (χ1v) is 15.5. The predicted octanol–water partition coefficient (Wildman–Crippen LogP) is 3.01. The molecular formula is C24H27FN6O5S3. The number of hydrogen-bond donors (Lipinski definition) is 2. The van der Waals surface area contributed by atoms with Crippen LogP contribution in [0, 0.1) is 5.82 Å². The fourth-order valence-corrected chi connectivity index (χ4v) is 7.10. The first-order chi connectivity index (χ1) is 18.9. The molecule has 1 amide bonds. The van der Waals surface area contributed by atoms with Crippen molar-refractivity contribution in [2.24, 2.45) is 0 Å². The Morgan fingerprint density at radius 2 is 1.72 bits per heavy atom. The number of benzene rings is 2. The smallest absolute Gasteiger partial charge is 0.243 e. The molecule has 11 nitrogen and oxygen atoms in total. The summed E-state index contributed by atoms with van der Waals surface area (Å²) in [6.07, 6.45) is 0. The first kappa shape index (κ1) is 27.7. The van der Waals surface area contributed by atoms with E-state index >= 15 is 0 Å². The van der Waals surface area contributed by atoms with E-state index in [1.54, 1.807) is 30.3 Å². The Balaban J connectivity index is 1.28. The second-order valence-electron chi connectivity index (χ2n) is 8.61. The largest absolute Gasteiger partial charge is 0.379 e. The van der Waals surface area contributed by atoms with E-state index in [4.69, 9.17) is 9.47 Å². The Morgan fingerprint density at radius 3 is 2.46 bits per heavy atom. The van der Waals surface area contributed by atoms with Gasteiger partial charge in [0.1, 0.15) is 5.82 Å². The van der Waals surface area contributed by atoms with Crippen LogP contribution in [0.1, 0.15) is 0 Å². The maximum Gasteiger partial charge on any atom is 0.243 e. The molecule has 3 aromatic rings. The van der Waals surface area contributed by atoms with Gasteiger partial charge in [0.2, 0.25) is 21.1 Å². The van der Waals surface area contributed by atoms with Crippen LogP contribution in [0.25, 0.3) is 0 Å². The number of carbonyl (C=O) groups excluding carboxylic acids is 1. The van der Waals surface area contributed by atoms with Crippen LogP contribution in [0.5, 0.6) is 0 Å². The van der Waals surface area contributed by atoms with Crippen molar-refractivity contribution in [1.82, 2.24) is 14.5 Å². The minimum Gasteiger partial charge on any atom is -0.379 e. The molecule has 0 atom stereocenters. The van der Waals surface area contributed by atoms with E-state index in [0.29, 0.717) is 54.7 Å². The lowest BCUT2D eigenvalue weighted by Gasteiger charge is -2.31. The number of ether oxygens (including phenoxy) is 2. The molecule has 15 heteroatoms. The summed E-state index contributed by atoms with van der Waals surface area (Å²) in [6.45, 7) is 3.56. The van der Waals surface area contributed by atoms with Crippen LogP contribution in [0.3, 0.4) is 0 Å². The third kappa shape index (κ3) is 6.85. The standard InChI is InChI=1S/C24H27FN6O5S3/c25-18-3-1-2-4-19(18)27-23-28-29-24(38-23)37-16-22(32)26-20-15-17(39(33,34)31-9-13-36-14-10-31)5-6-21(20)30-7-11-35-12-8-30/h1-6,15H,7-14,16H2,(H,26,32)(H,27,28). The van der Waals surface area contributed by atoms with Crippen LogP contribution in [-0.4, -0.2) is 87.2 Å². The van der Waals surface area contributed by atoms with Gasteiger partial charge >= 0.3 is 0 Å². The van der Waals surface area contributed by atoms with Crippen LogP contribution in [-0.2, 0) is 24.3 Å². The van der Waals surface area contributed by atoms with Gasteiger partial charge in [0.05, 0.1) is 54.1 Å². The molecule has 0 radical (unpaired) electrons. The fourth-order valence-electron chi connectivity index (χ4n) is 4.10. The monoisotopic (exact) mass is 594 g/mol. The average Bonchev–Trinajstić information content (AvgIpc) is 3.41. The Morgan fingerprint density at radius 1 is 1.00 bits per heavy atom. The number of nitrogens with one attached hydrogen (secondary N) is 2. The number of morpholine rings is 2. The van der Waals surface area contributed by atoms with Gasteiger partial charge in [0.25, 0.3) is 0 Å². The van der Waals surface area contributed by atoms with Crippen molar-refractivity contribution >= 4 is 61.2 Å². The summed E-state index contributed by atoms with van der Waals surface area (Å²) in [5.74, 6) is -0.707. The van der Waals surface area contributed by atoms with Crippen LogP contribution in [0.15, 0.2) is 51.7 Å². The van der Waals surface area contributed by atoms with Gasteiger partial charge in [0, 0.05) is 26.2 Å². The van der Waals surface area contributed by atoms with Crippen LogP contribution in [0.4, 0.5) is 26.6 Å². The molecule has 2 fully saturated rings. The highest BCUT2D eigenvalue weighted by Crippen LogP contribution is 2.32. The van der Waals surface area contributed by atoms with Crippen molar-refractivity contribution in [1.29, 1.82) is 0 Å². The molecule has 0 spiro atoms. The van der Waals surface area contributed by atoms with Crippen molar-refractivity contribution in [3.63, 3.8) is 0 Å². The fraction of sp³-hybridized carbons (Fsp3) is 0.375. The van der Waals surface area contributed by atoms with Crippen molar-refractivity contribution < 1.29 is 27.1 Å². The minimum atomic E-state index is -3.75. The van der Waals surface area contributed by atoms with Gasteiger partial charge in [0.15, 0.2) is 4.34 Å². The average molecular weight is 595 g/mol. The Bertz CT molecular complexity index is 1410. The van der Waals surface area contributed by atoms with E-state index < -0.39 is 15.8 Å². The van der Waals surface area contributed by atoms with Gasteiger partial charge in [-0.25, -0.2) is 12.8 Å². The zero-order valence-electron chi connectivity index (χ0n) is 20.8. The second-order valence-corrected chi connectivity index (χ2v) is 12.7. The number of nitrogens with zero attached hydrogens (tertiary/aromatic N) is 4. The number of rotatable bonds is 9. The van der Waals surface area contributed by atoms with Crippen molar-refractivity contribution in [2.75, 3.05) is 73.9 Å². The molecule has 2 aromatic carbocycles. The molecule has 0 saturated carbocycles. The van der Waals surface area contributed by atoms with Crippen LogP contribution < -0.4 is 15.5 Å². The zero-order chi connectivity index (χ0) is 27.2. The number of aromatic nitrogens is 2. The molecule has 0 aliphatic carbocycles. The summed E-state index contributed by atoms with van der Waals surface area (Å²) in [5, 5.41) is 14.2. The van der Waals surface area contributed by atoms with Crippen molar-refractivity contribution in [3.8, 4) is 0 Å². The number of hydrogen-bond acceptors (Lipinski definition) is 11. The van der Waals surface area contributed by atoms with E-state index in [2.05, 4.69) is 25.7 Å². The summed E-state index contributed by atoms with van der Waals surface area (Å²) in [5.41, 5.74) is 1.42. The van der Waals surface area contributed by atoms with Gasteiger partial charge in [-0.2, -0.15) is 4.31 Å². The number of halogens is 1. The van der Waals surface area contributed by atoms with Gasteiger partial charge in [-0.15, -0.1) is 10.2 Å². The van der Waals surface area contributed by atoms with E-state index in [0.717, 1.165) is 5.69 Å². The Kier molecular flexibility index (Phi) is 8.94. The number of para-hydroxylation sites is 1. The molecule has 2 N–H and O–H groups in total. The predicted molar refractivity (Wildman–Crippen MR) is 148 cm³/mol. The van der Waals surface area contributed by atoms with Gasteiger partial charge in [-0.3, -0.25) is 4.79 Å². The van der Waals surface area contributed by atoms with Crippen LogP contribution >= 0.6 is 23.1 Å². The maximum absolute atomic E-state index is 13.9. The highest BCUT2D eigenvalue weighted by atomic mass is 32.2. The first-order valence-electron chi connectivity index (χ1n) is 12.2. The van der Waals surface area contributed by atoms with E-state index in [9.17, 15) is 17.6 Å². The molecule has 0 unspecified atom stereocenters. The molecule has 2 aliphatic rings. The quantitative estimate of drug-likeness (QED) is 0.357. The van der Waals surface area contributed by atoms with Gasteiger partial charge in [-0.1, -0.05) is 35.2 Å². The summed E-state index contributed by atoms with van der Waals surface area (Å²) < 4.78 is 53.1. The van der Waals surface area contributed by atoms with Crippen molar-refractivity contribution in [2.45, 2.75) is 9.24 Å². The summed E-state index contributed by atoms with van der Waals surface area (Å²) in [6, 6.07) is 11.1. The van der Waals surface area contributed by atoms with E-state index in [-0.39, 0.29) is 35.3 Å². The maximum atomic E-state index is 13.9. The second kappa shape index (κ2) is 12.6. The lowest BCUT2D eigenvalue weighted by molar-refractivity contribution is -0.113. The van der Waals surface area contributed by atoms with Crippen molar-refractivity contribution in [3.05, 3.63) is 48.3 Å². The van der Waals surface area contributed by atoms with E-state index in [1.807, 2.05) is 0 Å². The SMILES string of the molecule is O=C(CSc1nnc(Nc2ccccc2F)s1)Nc1cc(S(=O)(=O)N2CCOCC2)ccc1N1CCOCC1. The van der Waals surface area contributed by atoms with Crippen LogP contribution in [0.2, 0.25) is 0 Å². The number of amides is 1. The number of sulfonamides is 1. The number of anilines is 4. The molecule has 1 aromatic heterocycles. The highest BCUT2D eigenvalue weighted by molar-refractivity contribution is 8.01. The molecule has 5 rings (SSSR count). The Hall–Kier alpha value is -2.82. The lowest BCUT2D eigenvalue weighted by atomic mass is 10.2. The third-order valence-corrected chi connectivity index (χ3v) is 9.92. The van der Waals surface area contributed by atoms with Gasteiger partial charge < -0.3 is 25.0 Å². The topological polar surface area (TPSA) is 126 Å². The number of thioether (sulfide) groups is 1. The molecule has 208 valence electrons. The molecule has 2 saturated heterocycles. The van der Waals surface area contributed by atoms with E-state index in [1.165, 1.54) is 39.5 Å². The molecule has 2 aliphatic heterocycles. The Labute approximate surface area is 233 Å².